The SMILES string of the molecule is CC(C)NCCNc1ccc(C(F)(F)F)c(C#N)c1. The number of halogens is 3. The fourth-order valence-corrected chi connectivity index (χ4v) is 1.56. The number of hydrogen-bond acceptors (Lipinski definition) is 3. The molecular weight excluding hydrogens is 255 g/mol. The maximum absolute atomic E-state index is 12.6. The van der Waals surface area contributed by atoms with E-state index in [9.17, 15) is 13.2 Å². The van der Waals surface area contributed by atoms with Crippen molar-refractivity contribution >= 4 is 5.69 Å². The van der Waals surface area contributed by atoms with Crippen molar-refractivity contribution in [3.05, 3.63) is 29.3 Å². The highest BCUT2D eigenvalue weighted by atomic mass is 19.4. The van der Waals surface area contributed by atoms with Crippen LogP contribution in [0.5, 0.6) is 0 Å². The van der Waals surface area contributed by atoms with Crippen LogP contribution in [0.2, 0.25) is 0 Å². The monoisotopic (exact) mass is 271 g/mol. The van der Waals surface area contributed by atoms with Gasteiger partial charge in [0.05, 0.1) is 17.2 Å². The van der Waals surface area contributed by atoms with Gasteiger partial charge in [-0.05, 0) is 18.2 Å². The molecule has 1 aromatic rings. The Labute approximate surface area is 110 Å². The molecule has 0 aliphatic carbocycles. The number of nitrogens with zero attached hydrogens (tertiary/aromatic N) is 1. The van der Waals surface area contributed by atoms with E-state index >= 15 is 0 Å². The van der Waals surface area contributed by atoms with Crippen molar-refractivity contribution < 1.29 is 13.2 Å². The average molecular weight is 271 g/mol. The molecule has 0 spiro atoms. The van der Waals surface area contributed by atoms with Gasteiger partial charge in [0, 0.05) is 24.8 Å². The molecule has 1 aromatic carbocycles. The van der Waals surface area contributed by atoms with Crippen LogP contribution in [0, 0.1) is 11.3 Å². The lowest BCUT2D eigenvalue weighted by Gasteiger charge is -2.12. The Morgan fingerprint density at radius 3 is 2.47 bits per heavy atom. The highest BCUT2D eigenvalue weighted by Gasteiger charge is 2.33. The number of rotatable bonds is 5. The summed E-state index contributed by atoms with van der Waals surface area (Å²) in [4.78, 5) is 0. The van der Waals surface area contributed by atoms with Crippen LogP contribution in [-0.2, 0) is 6.18 Å². The molecule has 0 unspecified atom stereocenters. The first-order valence-corrected chi connectivity index (χ1v) is 5.93. The van der Waals surface area contributed by atoms with Crippen molar-refractivity contribution in [2.24, 2.45) is 0 Å². The Morgan fingerprint density at radius 2 is 1.95 bits per heavy atom. The maximum Gasteiger partial charge on any atom is 0.417 e. The van der Waals surface area contributed by atoms with E-state index in [1.165, 1.54) is 12.1 Å². The van der Waals surface area contributed by atoms with Crippen molar-refractivity contribution in [3.8, 4) is 6.07 Å². The molecule has 0 bridgehead atoms. The Bertz CT molecular complexity index is 461. The zero-order valence-electron chi connectivity index (χ0n) is 10.8. The first-order chi connectivity index (χ1) is 8.84. The number of anilines is 1. The lowest BCUT2D eigenvalue weighted by Crippen LogP contribution is -2.28. The first kappa shape index (κ1) is 15.3. The van der Waals surface area contributed by atoms with Gasteiger partial charge in [-0.3, -0.25) is 0 Å². The van der Waals surface area contributed by atoms with Gasteiger partial charge < -0.3 is 10.6 Å². The minimum absolute atomic E-state index is 0.351. The molecule has 0 atom stereocenters. The van der Waals surface area contributed by atoms with E-state index in [4.69, 9.17) is 5.26 Å². The third-order valence-electron chi connectivity index (χ3n) is 2.45. The second-order valence-corrected chi connectivity index (χ2v) is 4.41. The van der Waals surface area contributed by atoms with Crippen molar-refractivity contribution in [2.45, 2.75) is 26.1 Å². The van der Waals surface area contributed by atoms with E-state index in [2.05, 4.69) is 10.6 Å². The normalized spacial score (nSPS) is 11.4. The molecule has 2 N–H and O–H groups in total. The van der Waals surface area contributed by atoms with Crippen LogP contribution in [-0.4, -0.2) is 19.1 Å². The van der Waals surface area contributed by atoms with Crippen molar-refractivity contribution in [1.29, 1.82) is 5.26 Å². The Morgan fingerprint density at radius 1 is 1.26 bits per heavy atom. The third-order valence-corrected chi connectivity index (χ3v) is 2.45. The second kappa shape index (κ2) is 6.43. The summed E-state index contributed by atoms with van der Waals surface area (Å²) in [7, 11) is 0. The van der Waals surface area contributed by atoms with Crippen LogP contribution in [0.25, 0.3) is 0 Å². The largest absolute Gasteiger partial charge is 0.417 e. The summed E-state index contributed by atoms with van der Waals surface area (Å²) in [5.41, 5.74) is -0.759. The Hall–Kier alpha value is -1.74. The molecule has 0 saturated carbocycles. The smallest absolute Gasteiger partial charge is 0.384 e. The van der Waals surface area contributed by atoms with Gasteiger partial charge in [0.2, 0.25) is 0 Å². The molecule has 0 heterocycles. The number of nitriles is 1. The summed E-state index contributed by atoms with van der Waals surface area (Å²) in [6, 6.07) is 5.41. The number of nitrogens with one attached hydrogen (secondary N) is 2. The number of hydrogen-bond donors (Lipinski definition) is 2. The molecule has 1 rings (SSSR count). The summed E-state index contributed by atoms with van der Waals surface area (Å²) in [5.74, 6) is 0. The molecule has 0 aliphatic heterocycles. The Kier molecular flexibility index (Phi) is 5.19. The van der Waals surface area contributed by atoms with Gasteiger partial charge in [-0.15, -0.1) is 0 Å². The first-order valence-electron chi connectivity index (χ1n) is 5.93. The topological polar surface area (TPSA) is 47.8 Å². The van der Waals surface area contributed by atoms with Gasteiger partial charge in [0.1, 0.15) is 0 Å². The fraction of sp³-hybridized carbons (Fsp3) is 0.462. The molecule has 3 nitrogen and oxygen atoms in total. The van der Waals surface area contributed by atoms with Crippen LogP contribution in [0.15, 0.2) is 18.2 Å². The van der Waals surface area contributed by atoms with Gasteiger partial charge in [0.15, 0.2) is 0 Å². The predicted octanol–water partition coefficient (Wildman–Crippen LogP) is 2.99. The van der Waals surface area contributed by atoms with Gasteiger partial charge in [-0.25, -0.2) is 0 Å². The highest BCUT2D eigenvalue weighted by Crippen LogP contribution is 2.32. The molecule has 0 fully saturated rings. The minimum atomic E-state index is -4.50. The molecule has 104 valence electrons. The lowest BCUT2D eigenvalue weighted by molar-refractivity contribution is -0.137. The van der Waals surface area contributed by atoms with Crippen LogP contribution < -0.4 is 10.6 Å². The van der Waals surface area contributed by atoms with E-state index in [1.54, 1.807) is 6.07 Å². The molecule has 0 amide bonds. The fourth-order valence-electron chi connectivity index (χ4n) is 1.56. The van der Waals surface area contributed by atoms with E-state index in [0.717, 1.165) is 6.07 Å². The van der Waals surface area contributed by atoms with Crippen molar-refractivity contribution in [1.82, 2.24) is 5.32 Å². The van der Waals surface area contributed by atoms with Crippen molar-refractivity contribution in [3.63, 3.8) is 0 Å². The van der Waals surface area contributed by atoms with Crippen LogP contribution >= 0.6 is 0 Å². The summed E-state index contributed by atoms with van der Waals surface area (Å²) in [5, 5.41) is 14.9. The average Bonchev–Trinajstić information content (AvgIpc) is 2.32. The van der Waals surface area contributed by atoms with E-state index in [1.807, 2.05) is 13.8 Å². The molecular formula is C13H16F3N3. The van der Waals surface area contributed by atoms with Gasteiger partial charge >= 0.3 is 6.18 Å². The molecule has 6 heteroatoms. The van der Waals surface area contributed by atoms with Crippen LogP contribution in [0.1, 0.15) is 25.0 Å². The predicted molar refractivity (Wildman–Crippen MR) is 67.8 cm³/mol. The maximum atomic E-state index is 12.6. The van der Waals surface area contributed by atoms with Gasteiger partial charge in [-0.2, -0.15) is 18.4 Å². The van der Waals surface area contributed by atoms with E-state index in [0.29, 0.717) is 24.8 Å². The van der Waals surface area contributed by atoms with Crippen LogP contribution in [0.4, 0.5) is 18.9 Å². The summed E-state index contributed by atoms with van der Waals surface area (Å²) < 4.78 is 37.7. The minimum Gasteiger partial charge on any atom is -0.384 e. The zero-order chi connectivity index (χ0) is 14.5. The van der Waals surface area contributed by atoms with E-state index in [-0.39, 0.29) is 5.56 Å². The van der Waals surface area contributed by atoms with Gasteiger partial charge in [0.25, 0.3) is 0 Å². The van der Waals surface area contributed by atoms with Crippen LogP contribution in [0.3, 0.4) is 0 Å². The molecule has 0 saturated heterocycles. The standard InChI is InChI=1S/C13H16F3N3/c1-9(2)18-5-6-19-11-3-4-12(13(14,15)16)10(7-11)8-17/h3-4,7,9,18-19H,5-6H2,1-2H3. The number of alkyl halides is 3. The molecule has 0 radical (unpaired) electrons. The van der Waals surface area contributed by atoms with Gasteiger partial charge in [-0.1, -0.05) is 13.8 Å². The third kappa shape index (κ3) is 4.79. The summed E-state index contributed by atoms with van der Waals surface area (Å²) >= 11 is 0. The number of benzene rings is 1. The van der Waals surface area contributed by atoms with Crippen molar-refractivity contribution in [2.75, 3.05) is 18.4 Å². The van der Waals surface area contributed by atoms with E-state index < -0.39 is 11.7 Å². The lowest BCUT2D eigenvalue weighted by atomic mass is 10.1. The molecule has 19 heavy (non-hydrogen) atoms. The summed E-state index contributed by atoms with van der Waals surface area (Å²) in [6.07, 6.45) is -4.50. The quantitative estimate of drug-likeness (QED) is 0.809. The highest BCUT2D eigenvalue weighted by molar-refractivity contribution is 5.53. The Balaban J connectivity index is 2.71. The molecule has 0 aliphatic rings. The summed E-state index contributed by atoms with van der Waals surface area (Å²) in [6.45, 7) is 5.28. The molecule has 0 aromatic heterocycles. The zero-order valence-corrected chi connectivity index (χ0v) is 10.8. The second-order valence-electron chi connectivity index (χ2n) is 4.41.